The Labute approximate surface area is 126 Å². The third-order valence-electron chi connectivity index (χ3n) is 3.37. The minimum absolute atomic E-state index is 0.0407. The zero-order valence-electron chi connectivity index (χ0n) is 12.3. The van der Waals surface area contributed by atoms with Gasteiger partial charge in [-0.1, -0.05) is 49.5 Å². The number of thiocarbonyl (C=S) groups is 1. The van der Waals surface area contributed by atoms with Crippen LogP contribution in [0.15, 0.2) is 30.3 Å². The predicted molar refractivity (Wildman–Crippen MR) is 86.4 cm³/mol. The fraction of sp³-hybridized carbons (Fsp3) is 0.467. The maximum atomic E-state index is 11.6. The number of rotatable bonds is 7. The monoisotopic (exact) mass is 293 g/mol. The van der Waals surface area contributed by atoms with Gasteiger partial charge in [0, 0.05) is 32.0 Å². The first kappa shape index (κ1) is 16.6. The molecular weight excluding hydrogens is 270 g/mol. The summed E-state index contributed by atoms with van der Waals surface area (Å²) < 4.78 is 0. The van der Waals surface area contributed by atoms with Gasteiger partial charge in [0.05, 0.1) is 4.99 Å². The van der Waals surface area contributed by atoms with E-state index in [1.54, 1.807) is 7.05 Å². The lowest BCUT2D eigenvalue weighted by atomic mass is 10.0. The molecule has 1 aromatic carbocycles. The molecule has 2 unspecified atom stereocenters. The Morgan fingerprint density at radius 1 is 1.40 bits per heavy atom. The molecule has 3 N–H and O–H groups in total. The highest BCUT2D eigenvalue weighted by molar-refractivity contribution is 7.80. The maximum absolute atomic E-state index is 11.6. The molecule has 110 valence electrons. The lowest BCUT2D eigenvalue weighted by molar-refractivity contribution is -0.124. The van der Waals surface area contributed by atoms with E-state index in [0.717, 1.165) is 5.56 Å². The molecule has 1 rings (SSSR count). The number of hydrogen-bond donors (Lipinski definition) is 2. The van der Waals surface area contributed by atoms with Crippen LogP contribution in [0.5, 0.6) is 0 Å². The third-order valence-corrected chi connectivity index (χ3v) is 3.53. The first-order chi connectivity index (χ1) is 9.45. The summed E-state index contributed by atoms with van der Waals surface area (Å²) >= 11 is 5.05. The van der Waals surface area contributed by atoms with Crippen molar-refractivity contribution in [1.82, 2.24) is 10.2 Å². The van der Waals surface area contributed by atoms with E-state index in [0.29, 0.717) is 18.0 Å². The second kappa shape index (κ2) is 7.97. The van der Waals surface area contributed by atoms with Crippen LogP contribution in [0.4, 0.5) is 0 Å². The standard InChI is InChI=1S/C15H23N3OS/c1-11(15(19)17-2)10-18(3)13(9-14(16)20)12-7-5-4-6-8-12/h4-8,11,13H,9-10H2,1-3H3,(H2,16,20)(H,17,19). The van der Waals surface area contributed by atoms with E-state index in [9.17, 15) is 4.79 Å². The fourth-order valence-electron chi connectivity index (χ4n) is 2.28. The number of nitrogens with one attached hydrogen (secondary N) is 1. The van der Waals surface area contributed by atoms with Crippen LogP contribution < -0.4 is 11.1 Å². The van der Waals surface area contributed by atoms with Crippen molar-refractivity contribution in [3.8, 4) is 0 Å². The van der Waals surface area contributed by atoms with Crippen molar-refractivity contribution in [2.75, 3.05) is 20.6 Å². The molecule has 1 amide bonds. The van der Waals surface area contributed by atoms with Crippen LogP contribution in [0.25, 0.3) is 0 Å². The van der Waals surface area contributed by atoms with Gasteiger partial charge < -0.3 is 11.1 Å². The number of hydrogen-bond acceptors (Lipinski definition) is 3. The summed E-state index contributed by atoms with van der Waals surface area (Å²) in [6.45, 7) is 2.57. The van der Waals surface area contributed by atoms with E-state index in [4.69, 9.17) is 18.0 Å². The molecule has 5 heteroatoms. The first-order valence-corrected chi connectivity index (χ1v) is 7.11. The van der Waals surface area contributed by atoms with E-state index in [1.807, 2.05) is 32.2 Å². The molecule has 1 aromatic rings. The highest BCUT2D eigenvalue weighted by Gasteiger charge is 2.22. The van der Waals surface area contributed by atoms with Gasteiger partial charge in [0.25, 0.3) is 0 Å². The average Bonchev–Trinajstić information content (AvgIpc) is 2.44. The van der Waals surface area contributed by atoms with Gasteiger partial charge in [-0.05, 0) is 12.6 Å². The normalized spacial score (nSPS) is 13.8. The molecular formula is C15H23N3OS. The summed E-state index contributed by atoms with van der Waals surface area (Å²) in [5, 5.41) is 2.67. The van der Waals surface area contributed by atoms with Gasteiger partial charge in [0.1, 0.15) is 0 Å². The second-order valence-corrected chi connectivity index (χ2v) is 5.58. The number of nitrogens with zero attached hydrogens (tertiary/aromatic N) is 1. The smallest absolute Gasteiger partial charge is 0.223 e. The molecule has 0 aliphatic rings. The Morgan fingerprint density at radius 3 is 2.50 bits per heavy atom. The topological polar surface area (TPSA) is 58.4 Å². The van der Waals surface area contributed by atoms with Crippen molar-refractivity contribution in [2.24, 2.45) is 11.7 Å². The first-order valence-electron chi connectivity index (χ1n) is 6.70. The molecule has 0 heterocycles. The van der Waals surface area contributed by atoms with Crippen molar-refractivity contribution in [1.29, 1.82) is 0 Å². The molecule has 0 saturated carbocycles. The van der Waals surface area contributed by atoms with Crippen LogP contribution in [0.1, 0.15) is 24.9 Å². The second-order valence-electron chi connectivity index (χ2n) is 5.05. The molecule has 0 radical (unpaired) electrons. The minimum Gasteiger partial charge on any atom is -0.393 e. The Bertz CT molecular complexity index is 450. The molecule has 0 spiro atoms. The van der Waals surface area contributed by atoms with E-state index in [2.05, 4.69) is 22.3 Å². The highest BCUT2D eigenvalue weighted by Crippen LogP contribution is 2.23. The molecule has 0 aromatic heterocycles. The molecule has 20 heavy (non-hydrogen) atoms. The number of carbonyl (C=O) groups excluding carboxylic acids is 1. The summed E-state index contributed by atoms with van der Waals surface area (Å²) in [7, 11) is 3.65. The van der Waals surface area contributed by atoms with Gasteiger partial charge >= 0.3 is 0 Å². The Hall–Kier alpha value is -1.46. The lowest BCUT2D eigenvalue weighted by Crippen LogP contribution is -2.37. The largest absolute Gasteiger partial charge is 0.393 e. The van der Waals surface area contributed by atoms with Crippen LogP contribution in [0, 0.1) is 5.92 Å². The third kappa shape index (κ3) is 4.90. The fourth-order valence-corrected chi connectivity index (χ4v) is 2.44. The number of benzene rings is 1. The quantitative estimate of drug-likeness (QED) is 0.752. The van der Waals surface area contributed by atoms with Gasteiger partial charge in [0.15, 0.2) is 0 Å². The van der Waals surface area contributed by atoms with Gasteiger partial charge in [-0.15, -0.1) is 0 Å². The van der Waals surface area contributed by atoms with Crippen LogP contribution in [0.3, 0.4) is 0 Å². The van der Waals surface area contributed by atoms with Crippen LogP contribution >= 0.6 is 12.2 Å². The average molecular weight is 293 g/mol. The zero-order valence-corrected chi connectivity index (χ0v) is 13.1. The van der Waals surface area contributed by atoms with E-state index in [-0.39, 0.29) is 17.9 Å². The van der Waals surface area contributed by atoms with Gasteiger partial charge in [-0.25, -0.2) is 0 Å². The maximum Gasteiger partial charge on any atom is 0.223 e. The van der Waals surface area contributed by atoms with Crippen LogP contribution in [-0.4, -0.2) is 36.4 Å². The van der Waals surface area contributed by atoms with Gasteiger partial charge in [0.2, 0.25) is 5.91 Å². The number of nitrogens with two attached hydrogens (primary N) is 1. The van der Waals surface area contributed by atoms with E-state index in [1.165, 1.54) is 0 Å². The van der Waals surface area contributed by atoms with Gasteiger partial charge in [-0.3, -0.25) is 9.69 Å². The Morgan fingerprint density at radius 2 is 2.00 bits per heavy atom. The van der Waals surface area contributed by atoms with E-state index >= 15 is 0 Å². The molecule has 0 aliphatic carbocycles. The summed E-state index contributed by atoms with van der Waals surface area (Å²) in [6, 6.07) is 10.2. The van der Waals surface area contributed by atoms with Crippen molar-refractivity contribution >= 4 is 23.1 Å². The van der Waals surface area contributed by atoms with Crippen LogP contribution in [0.2, 0.25) is 0 Å². The van der Waals surface area contributed by atoms with Gasteiger partial charge in [-0.2, -0.15) is 0 Å². The summed E-state index contributed by atoms with van der Waals surface area (Å²) in [5.41, 5.74) is 6.87. The molecule has 0 saturated heterocycles. The molecule has 4 nitrogen and oxygen atoms in total. The molecule has 0 fully saturated rings. The highest BCUT2D eigenvalue weighted by atomic mass is 32.1. The molecule has 2 atom stereocenters. The zero-order chi connectivity index (χ0) is 15.1. The predicted octanol–water partition coefficient (Wildman–Crippen LogP) is 1.72. The number of amides is 1. The van der Waals surface area contributed by atoms with Crippen molar-refractivity contribution < 1.29 is 4.79 Å². The van der Waals surface area contributed by atoms with E-state index < -0.39 is 0 Å². The molecule has 0 aliphatic heterocycles. The Balaban J connectivity index is 2.83. The summed E-state index contributed by atoms with van der Waals surface area (Å²) in [4.78, 5) is 14.3. The van der Waals surface area contributed by atoms with Crippen LogP contribution in [-0.2, 0) is 4.79 Å². The molecule has 0 bridgehead atoms. The van der Waals surface area contributed by atoms with Crippen molar-refractivity contribution in [3.63, 3.8) is 0 Å². The lowest BCUT2D eigenvalue weighted by Gasteiger charge is -2.30. The minimum atomic E-state index is -0.0810. The summed E-state index contributed by atoms with van der Waals surface area (Å²) in [5.74, 6) is -0.0402. The summed E-state index contributed by atoms with van der Waals surface area (Å²) in [6.07, 6.45) is 0.607. The SMILES string of the molecule is CNC(=O)C(C)CN(C)C(CC(N)=S)c1ccccc1. The number of carbonyl (C=O) groups is 1. The van der Waals surface area contributed by atoms with Crippen molar-refractivity contribution in [3.05, 3.63) is 35.9 Å². The van der Waals surface area contributed by atoms with Crippen molar-refractivity contribution in [2.45, 2.75) is 19.4 Å². The Kier molecular flexibility index (Phi) is 6.61.